The largest absolute Gasteiger partial charge is 0.497 e. The van der Waals surface area contributed by atoms with E-state index in [2.05, 4.69) is 21.7 Å². The second-order valence-electron chi connectivity index (χ2n) is 5.20. The molecule has 6 heteroatoms. The third kappa shape index (κ3) is 2.76. The molecule has 0 spiro atoms. The molecular formula is C15H17N3O2S. The van der Waals surface area contributed by atoms with Crippen LogP contribution in [-0.2, 0) is 0 Å². The highest BCUT2D eigenvalue weighted by atomic mass is 32.1. The molecule has 1 aromatic carbocycles. The number of hydrogen-bond acceptors (Lipinski definition) is 5. The lowest BCUT2D eigenvalue weighted by molar-refractivity contribution is 0.0794. The molecule has 0 unspecified atom stereocenters. The van der Waals surface area contributed by atoms with Crippen molar-refractivity contribution >= 4 is 17.4 Å². The predicted molar refractivity (Wildman–Crippen MR) is 80.9 cm³/mol. The average molecular weight is 303 g/mol. The number of hydrogen-bond donors (Lipinski definition) is 0. The minimum absolute atomic E-state index is 0.0542. The van der Waals surface area contributed by atoms with Gasteiger partial charge in [0.05, 0.1) is 12.8 Å². The standard InChI is InChI=1S/C15H17N3O2S/c1-10-14(21-17-16-10)15(19)18-8-7-12(9-18)11-3-5-13(20-2)6-4-11/h3-6,12H,7-9H2,1-2H3/t12-/m0/s1. The maximum atomic E-state index is 12.4. The zero-order valence-electron chi connectivity index (χ0n) is 12.1. The van der Waals surface area contributed by atoms with E-state index in [1.165, 1.54) is 17.1 Å². The van der Waals surface area contributed by atoms with Crippen LogP contribution in [0.4, 0.5) is 0 Å². The van der Waals surface area contributed by atoms with Gasteiger partial charge < -0.3 is 9.64 Å². The lowest BCUT2D eigenvalue weighted by atomic mass is 9.98. The zero-order chi connectivity index (χ0) is 14.8. The molecule has 1 fully saturated rings. The van der Waals surface area contributed by atoms with Crippen LogP contribution in [0.3, 0.4) is 0 Å². The molecule has 1 saturated heterocycles. The first-order valence-electron chi connectivity index (χ1n) is 6.91. The van der Waals surface area contributed by atoms with Gasteiger partial charge >= 0.3 is 0 Å². The Hall–Kier alpha value is -1.95. The van der Waals surface area contributed by atoms with Crippen LogP contribution in [0.1, 0.15) is 33.3 Å². The van der Waals surface area contributed by atoms with E-state index in [9.17, 15) is 4.79 Å². The molecule has 0 saturated carbocycles. The van der Waals surface area contributed by atoms with Crippen molar-refractivity contribution < 1.29 is 9.53 Å². The van der Waals surface area contributed by atoms with Crippen LogP contribution in [0.15, 0.2) is 24.3 Å². The molecule has 1 aliphatic heterocycles. The molecule has 3 rings (SSSR count). The van der Waals surface area contributed by atoms with Gasteiger partial charge in [-0.1, -0.05) is 16.6 Å². The summed E-state index contributed by atoms with van der Waals surface area (Å²) < 4.78 is 9.02. The summed E-state index contributed by atoms with van der Waals surface area (Å²) in [6, 6.07) is 8.10. The molecule has 1 amide bonds. The van der Waals surface area contributed by atoms with Gasteiger partial charge in [-0.05, 0) is 42.6 Å². The molecule has 1 aromatic heterocycles. The number of aromatic nitrogens is 2. The summed E-state index contributed by atoms with van der Waals surface area (Å²) in [4.78, 5) is 15.0. The molecule has 21 heavy (non-hydrogen) atoms. The molecule has 2 heterocycles. The van der Waals surface area contributed by atoms with E-state index in [1.54, 1.807) is 7.11 Å². The first-order valence-corrected chi connectivity index (χ1v) is 7.68. The van der Waals surface area contributed by atoms with Gasteiger partial charge in [0.15, 0.2) is 0 Å². The second-order valence-corrected chi connectivity index (χ2v) is 5.95. The SMILES string of the molecule is COc1ccc([C@H]2CCN(C(=O)c3snnc3C)C2)cc1. The maximum absolute atomic E-state index is 12.4. The Balaban J connectivity index is 1.70. The number of rotatable bonds is 3. The van der Waals surface area contributed by atoms with E-state index in [1.807, 2.05) is 24.0 Å². The molecule has 1 atom stereocenters. The van der Waals surface area contributed by atoms with Crippen molar-refractivity contribution in [3.63, 3.8) is 0 Å². The van der Waals surface area contributed by atoms with Gasteiger partial charge in [-0.3, -0.25) is 4.79 Å². The molecule has 2 aromatic rings. The number of ether oxygens (including phenoxy) is 1. The molecule has 1 aliphatic rings. The third-order valence-electron chi connectivity index (χ3n) is 3.91. The van der Waals surface area contributed by atoms with Gasteiger partial charge in [-0.15, -0.1) is 5.10 Å². The Labute approximate surface area is 127 Å². The highest BCUT2D eigenvalue weighted by Gasteiger charge is 2.29. The number of carbonyl (C=O) groups excluding carboxylic acids is 1. The summed E-state index contributed by atoms with van der Waals surface area (Å²) in [6.45, 7) is 3.36. The summed E-state index contributed by atoms with van der Waals surface area (Å²) in [6.07, 6.45) is 0.989. The number of amides is 1. The van der Waals surface area contributed by atoms with Crippen molar-refractivity contribution in [3.8, 4) is 5.75 Å². The number of carbonyl (C=O) groups is 1. The molecule has 5 nitrogen and oxygen atoms in total. The number of aryl methyl sites for hydroxylation is 1. The monoisotopic (exact) mass is 303 g/mol. The first-order chi connectivity index (χ1) is 10.2. The van der Waals surface area contributed by atoms with Crippen molar-refractivity contribution in [2.75, 3.05) is 20.2 Å². The van der Waals surface area contributed by atoms with Gasteiger partial charge in [0.2, 0.25) is 0 Å². The fourth-order valence-corrected chi connectivity index (χ4v) is 3.29. The fraction of sp³-hybridized carbons (Fsp3) is 0.400. The van der Waals surface area contributed by atoms with Crippen LogP contribution < -0.4 is 4.74 Å². The lowest BCUT2D eigenvalue weighted by Crippen LogP contribution is -2.28. The number of methoxy groups -OCH3 is 1. The Morgan fingerprint density at radius 2 is 2.14 bits per heavy atom. The van der Waals surface area contributed by atoms with Gasteiger partial charge in [-0.25, -0.2) is 0 Å². The smallest absolute Gasteiger partial charge is 0.267 e. The summed E-state index contributed by atoms with van der Waals surface area (Å²) in [5.41, 5.74) is 1.98. The van der Waals surface area contributed by atoms with Gasteiger partial charge in [-0.2, -0.15) is 0 Å². The quantitative estimate of drug-likeness (QED) is 0.874. The maximum Gasteiger partial charge on any atom is 0.267 e. The van der Waals surface area contributed by atoms with Crippen molar-refractivity contribution in [1.82, 2.24) is 14.5 Å². The van der Waals surface area contributed by atoms with Crippen LogP contribution in [-0.4, -0.2) is 40.6 Å². The van der Waals surface area contributed by atoms with E-state index in [0.29, 0.717) is 10.8 Å². The van der Waals surface area contributed by atoms with E-state index in [-0.39, 0.29) is 5.91 Å². The van der Waals surface area contributed by atoms with Gasteiger partial charge in [0.25, 0.3) is 5.91 Å². The molecule has 0 radical (unpaired) electrons. The van der Waals surface area contributed by atoms with Crippen LogP contribution in [0, 0.1) is 6.92 Å². The van der Waals surface area contributed by atoms with Crippen LogP contribution in [0.2, 0.25) is 0 Å². The van der Waals surface area contributed by atoms with Gasteiger partial charge in [0, 0.05) is 19.0 Å². The summed E-state index contributed by atoms with van der Waals surface area (Å²) in [7, 11) is 1.66. The summed E-state index contributed by atoms with van der Waals surface area (Å²) in [5, 5.41) is 3.91. The molecular weight excluding hydrogens is 286 g/mol. The Kier molecular flexibility index (Phi) is 3.88. The summed E-state index contributed by atoms with van der Waals surface area (Å²) >= 11 is 1.18. The van der Waals surface area contributed by atoms with Crippen LogP contribution in [0.25, 0.3) is 0 Å². The number of likely N-dealkylation sites (tertiary alicyclic amines) is 1. The summed E-state index contributed by atoms with van der Waals surface area (Å²) in [5.74, 6) is 1.30. The van der Waals surface area contributed by atoms with E-state index < -0.39 is 0 Å². The van der Waals surface area contributed by atoms with E-state index in [4.69, 9.17) is 4.74 Å². The van der Waals surface area contributed by atoms with Crippen molar-refractivity contribution in [2.24, 2.45) is 0 Å². The highest BCUT2D eigenvalue weighted by Crippen LogP contribution is 2.29. The average Bonchev–Trinajstić information content (AvgIpc) is 3.16. The molecule has 0 aliphatic carbocycles. The van der Waals surface area contributed by atoms with Crippen LogP contribution in [0.5, 0.6) is 5.75 Å². The zero-order valence-corrected chi connectivity index (χ0v) is 12.9. The molecule has 0 bridgehead atoms. The first kappa shape index (κ1) is 14.0. The van der Waals surface area contributed by atoms with Crippen molar-refractivity contribution in [1.29, 1.82) is 0 Å². The van der Waals surface area contributed by atoms with Gasteiger partial charge in [0.1, 0.15) is 10.6 Å². The molecule has 110 valence electrons. The normalized spacial score (nSPS) is 18.0. The lowest BCUT2D eigenvalue weighted by Gasteiger charge is -2.16. The minimum Gasteiger partial charge on any atom is -0.497 e. The number of nitrogens with zero attached hydrogens (tertiary/aromatic N) is 3. The van der Waals surface area contributed by atoms with E-state index >= 15 is 0 Å². The fourth-order valence-electron chi connectivity index (χ4n) is 2.66. The predicted octanol–water partition coefficient (Wildman–Crippen LogP) is 2.48. The molecule has 0 N–H and O–H groups in total. The minimum atomic E-state index is 0.0542. The Morgan fingerprint density at radius 1 is 1.38 bits per heavy atom. The Bertz CT molecular complexity index is 639. The number of benzene rings is 1. The Morgan fingerprint density at radius 3 is 2.76 bits per heavy atom. The van der Waals surface area contributed by atoms with Crippen LogP contribution >= 0.6 is 11.5 Å². The second kappa shape index (κ2) is 5.81. The van der Waals surface area contributed by atoms with E-state index in [0.717, 1.165) is 31.0 Å². The third-order valence-corrected chi connectivity index (χ3v) is 4.72. The van der Waals surface area contributed by atoms with Crippen molar-refractivity contribution in [3.05, 3.63) is 40.4 Å². The highest BCUT2D eigenvalue weighted by molar-refractivity contribution is 7.07. The topological polar surface area (TPSA) is 55.3 Å². The van der Waals surface area contributed by atoms with Crippen molar-refractivity contribution in [2.45, 2.75) is 19.3 Å².